The summed E-state index contributed by atoms with van der Waals surface area (Å²) < 4.78 is 7.55. The Morgan fingerprint density at radius 3 is 2.90 bits per heavy atom. The molecule has 2 aromatic rings. The van der Waals surface area contributed by atoms with Crippen LogP contribution in [-0.2, 0) is 4.74 Å². The first-order valence-electron chi connectivity index (χ1n) is 7.41. The lowest BCUT2D eigenvalue weighted by Gasteiger charge is -2.22. The van der Waals surface area contributed by atoms with Crippen LogP contribution >= 0.6 is 0 Å². The van der Waals surface area contributed by atoms with E-state index in [9.17, 15) is 0 Å². The summed E-state index contributed by atoms with van der Waals surface area (Å²) in [5.41, 5.74) is 0.336. The van der Waals surface area contributed by atoms with Crippen LogP contribution in [-0.4, -0.2) is 45.8 Å². The molecular formula is C15H19N5O. The highest BCUT2D eigenvalue weighted by atomic mass is 16.5. The van der Waals surface area contributed by atoms with Crippen LogP contribution in [0.3, 0.4) is 0 Å². The van der Waals surface area contributed by atoms with Gasteiger partial charge < -0.3 is 9.64 Å². The summed E-state index contributed by atoms with van der Waals surface area (Å²) in [4.78, 5) is 15.7. The van der Waals surface area contributed by atoms with Crippen LogP contribution < -0.4 is 4.90 Å². The Bertz CT molecular complexity index is 647. The van der Waals surface area contributed by atoms with Crippen molar-refractivity contribution >= 4 is 5.82 Å². The van der Waals surface area contributed by atoms with Gasteiger partial charge in [0, 0.05) is 37.5 Å². The van der Waals surface area contributed by atoms with Crippen molar-refractivity contribution in [2.45, 2.75) is 19.8 Å². The van der Waals surface area contributed by atoms with Gasteiger partial charge in [-0.3, -0.25) is 9.55 Å². The van der Waals surface area contributed by atoms with E-state index in [0.29, 0.717) is 5.41 Å². The van der Waals surface area contributed by atoms with E-state index in [-0.39, 0.29) is 0 Å². The van der Waals surface area contributed by atoms with Gasteiger partial charge in [0.1, 0.15) is 11.6 Å². The number of hydrogen-bond donors (Lipinski definition) is 0. The van der Waals surface area contributed by atoms with E-state index in [0.717, 1.165) is 50.2 Å². The molecule has 0 N–H and O–H groups in total. The zero-order chi connectivity index (χ0) is 14.3. The van der Waals surface area contributed by atoms with Crippen LogP contribution in [0, 0.1) is 12.3 Å². The van der Waals surface area contributed by atoms with E-state index in [1.807, 2.05) is 23.9 Å². The van der Waals surface area contributed by atoms with Crippen LogP contribution in [0.2, 0.25) is 0 Å². The largest absolute Gasteiger partial charge is 0.381 e. The molecule has 1 atom stereocenters. The number of ether oxygens (including phenoxy) is 1. The Morgan fingerprint density at radius 2 is 2.14 bits per heavy atom. The molecule has 110 valence electrons. The number of anilines is 1. The Hall–Kier alpha value is -1.95. The van der Waals surface area contributed by atoms with Crippen LogP contribution in [0.15, 0.2) is 24.8 Å². The fourth-order valence-corrected chi connectivity index (χ4v) is 3.34. The maximum atomic E-state index is 5.59. The van der Waals surface area contributed by atoms with E-state index < -0.39 is 0 Å². The molecule has 0 saturated carbocycles. The molecule has 1 spiro atoms. The monoisotopic (exact) mass is 285 g/mol. The predicted octanol–water partition coefficient (Wildman–Crippen LogP) is 1.59. The van der Waals surface area contributed by atoms with E-state index in [1.54, 1.807) is 12.4 Å². The van der Waals surface area contributed by atoms with Crippen molar-refractivity contribution in [3.8, 4) is 5.82 Å². The summed E-state index contributed by atoms with van der Waals surface area (Å²) in [6.07, 6.45) is 9.68. The number of nitrogens with zero attached hydrogens (tertiary/aromatic N) is 5. The van der Waals surface area contributed by atoms with Gasteiger partial charge in [0.2, 0.25) is 0 Å². The average molecular weight is 285 g/mol. The van der Waals surface area contributed by atoms with Crippen molar-refractivity contribution < 1.29 is 4.74 Å². The van der Waals surface area contributed by atoms with Gasteiger partial charge in [-0.1, -0.05) is 0 Å². The van der Waals surface area contributed by atoms with E-state index in [4.69, 9.17) is 9.72 Å². The van der Waals surface area contributed by atoms with Gasteiger partial charge in [0.25, 0.3) is 0 Å². The highest BCUT2D eigenvalue weighted by molar-refractivity contribution is 5.41. The van der Waals surface area contributed by atoms with Crippen molar-refractivity contribution in [2.75, 3.05) is 31.2 Å². The smallest absolute Gasteiger partial charge is 0.159 e. The van der Waals surface area contributed by atoms with Gasteiger partial charge in [-0.05, 0) is 19.8 Å². The van der Waals surface area contributed by atoms with Gasteiger partial charge in [0.15, 0.2) is 5.82 Å². The van der Waals surface area contributed by atoms with Gasteiger partial charge in [-0.2, -0.15) is 0 Å². The lowest BCUT2D eigenvalue weighted by molar-refractivity contribution is 0.160. The van der Waals surface area contributed by atoms with Crippen molar-refractivity contribution in [2.24, 2.45) is 5.41 Å². The topological polar surface area (TPSA) is 56.1 Å². The Labute approximate surface area is 123 Å². The van der Waals surface area contributed by atoms with E-state index >= 15 is 0 Å². The third-order valence-corrected chi connectivity index (χ3v) is 4.63. The number of aromatic nitrogens is 4. The molecule has 2 aliphatic rings. The highest BCUT2D eigenvalue weighted by Gasteiger charge is 2.41. The average Bonchev–Trinajstić information content (AvgIpc) is 3.23. The molecule has 6 nitrogen and oxygen atoms in total. The summed E-state index contributed by atoms with van der Waals surface area (Å²) in [5, 5.41) is 0. The molecular weight excluding hydrogens is 266 g/mol. The lowest BCUT2D eigenvalue weighted by atomic mass is 9.87. The summed E-state index contributed by atoms with van der Waals surface area (Å²) in [5.74, 6) is 2.69. The Kier molecular flexibility index (Phi) is 2.92. The lowest BCUT2D eigenvalue weighted by Crippen LogP contribution is -2.28. The molecule has 2 saturated heterocycles. The minimum atomic E-state index is 0.336. The number of imidazole rings is 1. The van der Waals surface area contributed by atoms with Gasteiger partial charge >= 0.3 is 0 Å². The number of hydrogen-bond acceptors (Lipinski definition) is 5. The highest BCUT2D eigenvalue weighted by Crippen LogP contribution is 2.39. The fourth-order valence-electron chi connectivity index (χ4n) is 3.34. The molecule has 21 heavy (non-hydrogen) atoms. The van der Waals surface area contributed by atoms with Gasteiger partial charge in [-0.15, -0.1) is 0 Å². The minimum absolute atomic E-state index is 0.336. The van der Waals surface area contributed by atoms with Gasteiger partial charge in [-0.25, -0.2) is 9.97 Å². The third-order valence-electron chi connectivity index (χ3n) is 4.63. The first-order valence-corrected chi connectivity index (χ1v) is 7.41. The van der Waals surface area contributed by atoms with Crippen LogP contribution in [0.5, 0.6) is 0 Å². The van der Waals surface area contributed by atoms with Crippen molar-refractivity contribution in [1.29, 1.82) is 0 Å². The molecule has 1 unspecified atom stereocenters. The number of rotatable bonds is 2. The van der Waals surface area contributed by atoms with Crippen molar-refractivity contribution in [1.82, 2.24) is 19.5 Å². The quantitative estimate of drug-likeness (QED) is 0.838. The molecule has 0 bridgehead atoms. The number of aryl methyl sites for hydroxylation is 1. The van der Waals surface area contributed by atoms with Crippen molar-refractivity contribution in [3.63, 3.8) is 0 Å². The maximum absolute atomic E-state index is 5.59. The molecule has 0 aliphatic carbocycles. The minimum Gasteiger partial charge on any atom is -0.381 e. The molecule has 2 aliphatic heterocycles. The first kappa shape index (κ1) is 12.8. The second-order valence-corrected chi connectivity index (χ2v) is 6.05. The maximum Gasteiger partial charge on any atom is 0.159 e. The molecule has 6 heteroatoms. The van der Waals surface area contributed by atoms with Crippen LogP contribution in [0.4, 0.5) is 5.82 Å². The first-order chi connectivity index (χ1) is 10.3. The van der Waals surface area contributed by atoms with Crippen LogP contribution in [0.25, 0.3) is 5.82 Å². The second-order valence-electron chi connectivity index (χ2n) is 6.05. The Morgan fingerprint density at radius 1 is 1.24 bits per heavy atom. The summed E-state index contributed by atoms with van der Waals surface area (Å²) in [6, 6.07) is 0. The summed E-state index contributed by atoms with van der Waals surface area (Å²) in [6.45, 7) is 5.80. The second kappa shape index (κ2) is 4.80. The SMILES string of the molecule is Cc1nccn1-c1cncc(N2CCC3(CCOC3)C2)n1. The van der Waals surface area contributed by atoms with E-state index in [1.165, 1.54) is 6.42 Å². The summed E-state index contributed by atoms with van der Waals surface area (Å²) in [7, 11) is 0. The normalized spacial score (nSPS) is 25.1. The molecule has 2 fully saturated rings. The fraction of sp³-hybridized carbons (Fsp3) is 0.533. The van der Waals surface area contributed by atoms with Gasteiger partial charge in [0.05, 0.1) is 19.0 Å². The third kappa shape index (κ3) is 2.19. The summed E-state index contributed by atoms with van der Waals surface area (Å²) >= 11 is 0. The molecule has 0 aromatic carbocycles. The van der Waals surface area contributed by atoms with Crippen molar-refractivity contribution in [3.05, 3.63) is 30.6 Å². The zero-order valence-electron chi connectivity index (χ0n) is 12.2. The molecule has 2 aromatic heterocycles. The molecule has 4 rings (SSSR count). The zero-order valence-corrected chi connectivity index (χ0v) is 12.2. The predicted molar refractivity (Wildman–Crippen MR) is 78.6 cm³/mol. The molecule has 0 amide bonds. The Balaban J connectivity index is 1.60. The molecule has 0 radical (unpaired) electrons. The van der Waals surface area contributed by atoms with Crippen LogP contribution in [0.1, 0.15) is 18.7 Å². The standard InChI is InChI=1S/C15H19N5O/c1-12-17-4-6-20(12)14-9-16-8-13(18-14)19-5-2-15(10-19)3-7-21-11-15/h4,6,8-9H,2-3,5,7,10-11H2,1H3. The van der Waals surface area contributed by atoms with E-state index in [2.05, 4.69) is 14.9 Å². The molecule has 4 heterocycles.